The first kappa shape index (κ1) is 22.7. The van der Waals surface area contributed by atoms with E-state index in [0.29, 0.717) is 28.0 Å². The molecule has 2 heterocycles. The zero-order valence-electron chi connectivity index (χ0n) is 17.3. The van der Waals surface area contributed by atoms with Crippen LogP contribution in [0, 0.1) is 12.7 Å². The summed E-state index contributed by atoms with van der Waals surface area (Å²) >= 11 is 0. The number of aryl methyl sites for hydroxylation is 1. The van der Waals surface area contributed by atoms with Crippen molar-refractivity contribution in [1.82, 2.24) is 15.0 Å². The Morgan fingerprint density at radius 3 is 2.55 bits per heavy atom. The van der Waals surface area contributed by atoms with Gasteiger partial charge in [0.25, 0.3) is 5.91 Å². The van der Waals surface area contributed by atoms with Crippen molar-refractivity contribution >= 4 is 35.2 Å². The van der Waals surface area contributed by atoms with Crippen LogP contribution in [0.5, 0.6) is 0 Å². The van der Waals surface area contributed by atoms with Gasteiger partial charge in [0.05, 0.1) is 23.3 Å². The maximum atomic E-state index is 14.9. The van der Waals surface area contributed by atoms with Gasteiger partial charge >= 0.3 is 5.92 Å². The molecule has 3 rings (SSSR count). The van der Waals surface area contributed by atoms with Gasteiger partial charge in [-0.15, -0.1) is 0 Å². The number of rotatable bonds is 6. The second-order valence-corrected chi connectivity index (χ2v) is 10.7. The summed E-state index contributed by atoms with van der Waals surface area (Å²) in [5, 5.41) is 3.50. The van der Waals surface area contributed by atoms with Gasteiger partial charge in [-0.1, -0.05) is 12.1 Å². The number of carbonyl (C=O) groups is 1. The molecule has 0 saturated heterocycles. The van der Waals surface area contributed by atoms with Crippen LogP contribution >= 0.6 is 7.14 Å². The lowest BCUT2D eigenvalue weighted by molar-refractivity contribution is -0.143. The predicted octanol–water partition coefficient (Wildman–Crippen LogP) is 3.47. The third-order valence-corrected chi connectivity index (χ3v) is 6.08. The van der Waals surface area contributed by atoms with Crippen molar-refractivity contribution in [2.24, 2.45) is 5.73 Å². The van der Waals surface area contributed by atoms with E-state index >= 15 is 0 Å². The fourth-order valence-corrected chi connectivity index (χ4v) is 3.86. The van der Waals surface area contributed by atoms with Crippen molar-refractivity contribution in [1.29, 1.82) is 0 Å². The summed E-state index contributed by atoms with van der Waals surface area (Å²) in [5.74, 6) is -6.62. The van der Waals surface area contributed by atoms with E-state index in [-0.39, 0.29) is 5.56 Å². The molecular weight excluding hydrogens is 430 g/mol. The van der Waals surface area contributed by atoms with E-state index in [1.54, 1.807) is 33.2 Å². The number of aromatic nitrogens is 3. The molecular formula is C20H21F3N5O2P. The summed E-state index contributed by atoms with van der Waals surface area (Å²) in [4.78, 5) is 23.9. The predicted molar refractivity (Wildman–Crippen MR) is 113 cm³/mol. The number of nitrogens with one attached hydrogen (secondary N) is 1. The summed E-state index contributed by atoms with van der Waals surface area (Å²) in [5.41, 5.74) is 4.38. The number of hydrogen-bond acceptors (Lipinski definition) is 6. The Morgan fingerprint density at radius 2 is 1.94 bits per heavy atom. The molecule has 0 fully saturated rings. The third-order valence-electron chi connectivity index (χ3n) is 4.73. The highest BCUT2D eigenvalue weighted by Gasteiger charge is 2.42. The fraction of sp³-hybridized carbons (Fsp3) is 0.300. The maximum absolute atomic E-state index is 14.9. The highest BCUT2D eigenvalue weighted by molar-refractivity contribution is 7.69. The highest BCUT2D eigenvalue weighted by Crippen LogP contribution is 2.36. The van der Waals surface area contributed by atoms with E-state index < -0.39 is 36.4 Å². The molecule has 3 N–H and O–H groups in total. The van der Waals surface area contributed by atoms with Crippen LogP contribution in [0.3, 0.4) is 0 Å². The smallest absolute Gasteiger partial charge is 0.352 e. The lowest BCUT2D eigenvalue weighted by Gasteiger charge is -2.20. The van der Waals surface area contributed by atoms with Crippen LogP contribution in [-0.2, 0) is 15.3 Å². The highest BCUT2D eigenvalue weighted by atomic mass is 31.2. The lowest BCUT2D eigenvalue weighted by atomic mass is 9.99. The van der Waals surface area contributed by atoms with E-state index in [9.17, 15) is 22.5 Å². The Kier molecular flexibility index (Phi) is 5.80. The minimum Gasteiger partial charge on any atom is -0.364 e. The first-order chi connectivity index (χ1) is 14.3. The van der Waals surface area contributed by atoms with E-state index in [1.807, 2.05) is 0 Å². The van der Waals surface area contributed by atoms with Crippen LogP contribution in [0.2, 0.25) is 0 Å². The van der Waals surface area contributed by atoms with Crippen molar-refractivity contribution in [2.45, 2.75) is 25.8 Å². The van der Waals surface area contributed by atoms with Crippen LogP contribution in [0.1, 0.15) is 29.9 Å². The summed E-state index contributed by atoms with van der Waals surface area (Å²) in [7, 11) is -2.67. The molecule has 0 radical (unpaired) electrons. The van der Waals surface area contributed by atoms with Crippen molar-refractivity contribution in [3.05, 3.63) is 53.2 Å². The van der Waals surface area contributed by atoms with Crippen LogP contribution in [0.15, 0.2) is 30.5 Å². The molecule has 31 heavy (non-hydrogen) atoms. The van der Waals surface area contributed by atoms with Gasteiger partial charge in [-0.05, 0) is 39.3 Å². The van der Waals surface area contributed by atoms with Crippen LogP contribution in [0.4, 0.5) is 19.0 Å². The number of nitrogens with two attached hydrogens (primary N) is 1. The second kappa shape index (κ2) is 7.92. The number of alkyl halides is 2. The molecule has 11 heteroatoms. The lowest BCUT2D eigenvalue weighted by Crippen LogP contribution is -2.34. The molecule has 1 unspecified atom stereocenters. The first-order valence-electron chi connectivity index (χ1n) is 9.25. The van der Waals surface area contributed by atoms with Crippen molar-refractivity contribution in [3.8, 4) is 0 Å². The van der Waals surface area contributed by atoms with E-state index in [2.05, 4.69) is 20.3 Å². The summed E-state index contributed by atoms with van der Waals surface area (Å²) in [6.07, 6.45) is 1.48. The Hall–Kier alpha value is -3.00. The van der Waals surface area contributed by atoms with Crippen molar-refractivity contribution in [3.63, 3.8) is 0 Å². The van der Waals surface area contributed by atoms with Crippen LogP contribution in [-0.4, -0.2) is 34.2 Å². The zero-order chi connectivity index (χ0) is 23.1. The number of carbonyl (C=O) groups excluding carboxylic acids is 1. The largest absolute Gasteiger partial charge is 0.364 e. The SMILES string of the molecule is Cc1nc(NC(C)c2cccc(C(F)(F)C(N)=O)c2F)c2cc(P(C)(C)=O)ncc2n1. The Morgan fingerprint density at radius 1 is 1.26 bits per heavy atom. The monoisotopic (exact) mass is 451 g/mol. The summed E-state index contributed by atoms with van der Waals surface area (Å²) in [6.45, 7) is 6.36. The zero-order valence-corrected chi connectivity index (χ0v) is 18.2. The Balaban J connectivity index is 2.07. The summed E-state index contributed by atoms with van der Waals surface area (Å²) < 4.78 is 55.4. The average Bonchev–Trinajstić information content (AvgIpc) is 2.66. The number of fused-ring (bicyclic) bond motifs is 1. The van der Waals surface area contributed by atoms with E-state index in [4.69, 9.17) is 5.73 Å². The second-order valence-electron chi connectivity index (χ2n) is 7.54. The van der Waals surface area contributed by atoms with Gasteiger partial charge in [-0.2, -0.15) is 8.78 Å². The van der Waals surface area contributed by atoms with Gasteiger partial charge in [0, 0.05) is 10.9 Å². The van der Waals surface area contributed by atoms with E-state index in [1.165, 1.54) is 18.3 Å². The molecule has 164 valence electrons. The maximum Gasteiger partial charge on any atom is 0.352 e. The number of nitrogens with zero attached hydrogens (tertiary/aromatic N) is 3. The molecule has 0 aliphatic carbocycles. The number of primary amides is 1. The Bertz CT molecular complexity index is 1230. The molecule has 0 aliphatic heterocycles. The quantitative estimate of drug-likeness (QED) is 0.556. The van der Waals surface area contributed by atoms with Gasteiger partial charge in [-0.3, -0.25) is 9.78 Å². The molecule has 0 bridgehead atoms. The first-order valence-corrected chi connectivity index (χ1v) is 11.9. The minimum absolute atomic E-state index is 0.103. The van der Waals surface area contributed by atoms with E-state index in [0.717, 1.165) is 6.07 Å². The third kappa shape index (κ3) is 4.39. The Labute approximate surface area is 176 Å². The molecule has 0 spiro atoms. The molecule has 7 nitrogen and oxygen atoms in total. The standard InChI is InChI=1S/C20H21F3N5O2P/c1-10(12-6-5-7-14(17(12)21)20(22,23)19(24)29)26-18-13-8-16(31(3,4)30)25-9-15(13)27-11(2)28-18/h5-10H,1-4H3,(H2,24,29)(H,26,27,28). The number of halogens is 3. The van der Waals surface area contributed by atoms with Crippen molar-refractivity contribution in [2.75, 3.05) is 18.6 Å². The van der Waals surface area contributed by atoms with Crippen LogP contribution < -0.4 is 16.5 Å². The van der Waals surface area contributed by atoms with Gasteiger partial charge in [0.2, 0.25) is 0 Å². The van der Waals surface area contributed by atoms with Gasteiger partial charge in [-0.25, -0.2) is 14.4 Å². The van der Waals surface area contributed by atoms with Crippen molar-refractivity contribution < 1.29 is 22.5 Å². The average molecular weight is 451 g/mol. The normalized spacial score (nSPS) is 13.3. The number of pyridine rings is 1. The molecule has 2 aromatic heterocycles. The minimum atomic E-state index is -4.15. The molecule has 0 aliphatic rings. The molecule has 1 aromatic carbocycles. The van der Waals surface area contributed by atoms with Gasteiger partial charge in [0.1, 0.15) is 30.0 Å². The fourth-order valence-electron chi connectivity index (χ4n) is 3.08. The number of hydrogen-bond donors (Lipinski definition) is 2. The summed E-state index contributed by atoms with van der Waals surface area (Å²) in [6, 6.07) is 4.14. The molecule has 1 amide bonds. The van der Waals surface area contributed by atoms with Crippen LogP contribution in [0.25, 0.3) is 10.9 Å². The number of anilines is 1. The number of benzene rings is 1. The molecule has 0 saturated carbocycles. The topological polar surface area (TPSA) is 111 Å². The molecule has 3 aromatic rings. The molecule has 1 atom stereocenters. The number of amides is 1. The van der Waals surface area contributed by atoms with Gasteiger partial charge < -0.3 is 15.6 Å². The van der Waals surface area contributed by atoms with Gasteiger partial charge in [0.15, 0.2) is 0 Å².